The van der Waals surface area contributed by atoms with Gasteiger partial charge in [0, 0.05) is 37.8 Å². The first kappa shape index (κ1) is 18.1. The van der Waals surface area contributed by atoms with Gasteiger partial charge in [0.15, 0.2) is 0 Å². The minimum Gasteiger partial charge on any atom is -0.393 e. The maximum atomic E-state index is 12.5. The van der Waals surface area contributed by atoms with Crippen molar-refractivity contribution in [2.45, 2.75) is 58.3 Å². The lowest BCUT2D eigenvalue weighted by Gasteiger charge is -2.41. The average Bonchev–Trinajstić information content (AvgIpc) is 2.76. The van der Waals surface area contributed by atoms with E-state index in [1.807, 2.05) is 18.0 Å². The number of aryl methyl sites for hydroxylation is 1. The quantitative estimate of drug-likeness (QED) is 0.824. The van der Waals surface area contributed by atoms with Gasteiger partial charge >= 0.3 is 0 Å². The molecule has 6 heteroatoms. The van der Waals surface area contributed by atoms with Gasteiger partial charge in [-0.25, -0.2) is 4.98 Å². The second-order valence-electron chi connectivity index (χ2n) is 7.29. The molecule has 0 spiro atoms. The topological polar surface area (TPSA) is 65.9 Å². The number of nitrogens with zero attached hydrogens (tertiary/aromatic N) is 3. The van der Waals surface area contributed by atoms with Gasteiger partial charge in [0.1, 0.15) is 5.82 Å². The van der Waals surface area contributed by atoms with Crippen molar-refractivity contribution in [2.75, 3.05) is 31.1 Å². The highest BCUT2D eigenvalue weighted by Crippen LogP contribution is 2.27. The van der Waals surface area contributed by atoms with Crippen LogP contribution in [0.25, 0.3) is 0 Å². The molecule has 0 saturated carbocycles. The van der Waals surface area contributed by atoms with Gasteiger partial charge in [0.05, 0.1) is 25.4 Å². The van der Waals surface area contributed by atoms with Crippen LogP contribution in [-0.2, 0) is 16.1 Å². The fourth-order valence-corrected chi connectivity index (χ4v) is 3.67. The average molecular weight is 347 g/mol. The third kappa shape index (κ3) is 4.50. The maximum Gasteiger partial charge on any atom is 0.222 e. The van der Waals surface area contributed by atoms with Crippen LogP contribution in [0.5, 0.6) is 0 Å². The van der Waals surface area contributed by atoms with E-state index in [0.717, 1.165) is 49.3 Å². The number of pyridine rings is 1. The number of rotatable bonds is 5. The minimum absolute atomic E-state index is 0.173. The van der Waals surface area contributed by atoms with E-state index in [4.69, 9.17) is 4.74 Å². The first-order valence-electron chi connectivity index (χ1n) is 9.30. The third-order valence-electron chi connectivity index (χ3n) is 5.02. The number of unbranched alkanes of at least 4 members (excludes halogenated alkanes) is 1. The molecule has 2 atom stereocenters. The smallest absolute Gasteiger partial charge is 0.222 e. The van der Waals surface area contributed by atoms with Crippen LogP contribution >= 0.6 is 0 Å². The van der Waals surface area contributed by atoms with Crippen molar-refractivity contribution in [3.8, 4) is 0 Å². The zero-order valence-electron chi connectivity index (χ0n) is 15.3. The number of fused-ring (bicyclic) bond motifs is 3. The van der Waals surface area contributed by atoms with E-state index in [-0.39, 0.29) is 18.1 Å². The normalized spacial score (nSPS) is 21.3. The second-order valence-corrected chi connectivity index (χ2v) is 7.29. The van der Waals surface area contributed by atoms with Crippen molar-refractivity contribution in [1.29, 1.82) is 0 Å². The van der Waals surface area contributed by atoms with E-state index in [2.05, 4.69) is 16.0 Å². The number of carbonyl (C=O) groups is 1. The fraction of sp³-hybridized carbons (Fsp3) is 0.684. The van der Waals surface area contributed by atoms with E-state index in [1.165, 1.54) is 0 Å². The Morgan fingerprint density at radius 1 is 1.44 bits per heavy atom. The molecular weight excluding hydrogens is 318 g/mol. The summed E-state index contributed by atoms with van der Waals surface area (Å²) in [4.78, 5) is 21.4. The van der Waals surface area contributed by atoms with Crippen LogP contribution in [0, 0.1) is 6.92 Å². The van der Waals surface area contributed by atoms with Gasteiger partial charge in [-0.2, -0.15) is 0 Å². The molecule has 1 saturated heterocycles. The summed E-state index contributed by atoms with van der Waals surface area (Å²) in [5.74, 6) is 1.23. The Labute approximate surface area is 149 Å². The molecule has 2 aliphatic heterocycles. The van der Waals surface area contributed by atoms with Crippen molar-refractivity contribution in [1.82, 2.24) is 9.88 Å². The van der Waals surface area contributed by atoms with E-state index in [9.17, 15) is 9.90 Å². The van der Waals surface area contributed by atoms with Crippen molar-refractivity contribution < 1.29 is 14.6 Å². The number of aromatic nitrogens is 1. The summed E-state index contributed by atoms with van der Waals surface area (Å²) < 4.78 is 5.85. The summed E-state index contributed by atoms with van der Waals surface area (Å²) in [7, 11) is 0. The summed E-state index contributed by atoms with van der Waals surface area (Å²) in [6.07, 6.45) is 4.69. The Morgan fingerprint density at radius 3 is 3.08 bits per heavy atom. The molecular formula is C19H29N3O3. The molecule has 3 rings (SSSR count). The third-order valence-corrected chi connectivity index (χ3v) is 5.02. The first-order chi connectivity index (χ1) is 12.0. The van der Waals surface area contributed by atoms with Crippen LogP contribution in [0.1, 0.15) is 43.7 Å². The summed E-state index contributed by atoms with van der Waals surface area (Å²) >= 11 is 0. The van der Waals surface area contributed by atoms with Crippen LogP contribution < -0.4 is 4.90 Å². The molecule has 1 amide bonds. The summed E-state index contributed by atoms with van der Waals surface area (Å²) in [6, 6.07) is 2.32. The molecule has 138 valence electrons. The molecule has 6 nitrogen and oxygen atoms in total. The second kappa shape index (κ2) is 8.15. The number of ether oxygens (including phenoxy) is 1. The Bertz CT molecular complexity index is 606. The predicted molar refractivity (Wildman–Crippen MR) is 96.5 cm³/mol. The molecule has 1 N–H and O–H groups in total. The molecule has 0 aliphatic carbocycles. The lowest BCUT2D eigenvalue weighted by atomic mass is 10.1. The zero-order valence-corrected chi connectivity index (χ0v) is 15.3. The van der Waals surface area contributed by atoms with Gasteiger partial charge in [-0.15, -0.1) is 0 Å². The Morgan fingerprint density at radius 2 is 2.28 bits per heavy atom. The van der Waals surface area contributed by atoms with Crippen LogP contribution in [0.3, 0.4) is 0 Å². The predicted octanol–water partition coefficient (Wildman–Crippen LogP) is 1.88. The van der Waals surface area contributed by atoms with E-state index in [0.29, 0.717) is 26.2 Å². The summed E-state index contributed by atoms with van der Waals surface area (Å²) in [5.41, 5.74) is 2.28. The van der Waals surface area contributed by atoms with Gasteiger partial charge in [-0.05, 0) is 38.3 Å². The molecule has 1 aromatic rings. The number of carbonyl (C=O) groups excluding carboxylic acids is 1. The molecule has 2 aliphatic rings. The van der Waals surface area contributed by atoms with Crippen LogP contribution in [0.2, 0.25) is 0 Å². The number of aliphatic hydroxyl groups excluding tert-OH is 1. The van der Waals surface area contributed by atoms with E-state index < -0.39 is 0 Å². The number of anilines is 1. The van der Waals surface area contributed by atoms with Crippen LogP contribution in [0.4, 0.5) is 5.82 Å². The lowest BCUT2D eigenvalue weighted by molar-refractivity contribution is -0.132. The maximum absolute atomic E-state index is 12.5. The Hall–Kier alpha value is -1.66. The van der Waals surface area contributed by atoms with E-state index >= 15 is 0 Å². The molecule has 1 aromatic heterocycles. The fourth-order valence-electron chi connectivity index (χ4n) is 3.67. The molecule has 0 bridgehead atoms. The lowest BCUT2D eigenvalue weighted by Crippen LogP contribution is -2.56. The van der Waals surface area contributed by atoms with E-state index in [1.54, 1.807) is 6.92 Å². The van der Waals surface area contributed by atoms with Crippen molar-refractivity contribution in [3.05, 3.63) is 23.4 Å². The summed E-state index contributed by atoms with van der Waals surface area (Å²) in [6.45, 7) is 7.29. The highest BCUT2D eigenvalue weighted by atomic mass is 16.5. The van der Waals surface area contributed by atoms with Crippen LogP contribution in [-0.4, -0.2) is 59.3 Å². The number of hydrogen-bond donors (Lipinski definition) is 1. The van der Waals surface area contributed by atoms with Gasteiger partial charge in [-0.1, -0.05) is 6.42 Å². The monoisotopic (exact) mass is 347 g/mol. The molecule has 1 fully saturated rings. The molecule has 0 unspecified atom stereocenters. The Kier molecular flexibility index (Phi) is 5.91. The molecule has 3 heterocycles. The highest BCUT2D eigenvalue weighted by molar-refractivity contribution is 5.76. The van der Waals surface area contributed by atoms with Gasteiger partial charge in [0.2, 0.25) is 5.91 Å². The highest BCUT2D eigenvalue weighted by Gasteiger charge is 2.33. The van der Waals surface area contributed by atoms with Crippen molar-refractivity contribution in [3.63, 3.8) is 0 Å². The standard InChI is InChI=1S/C19H29N3O3/c1-14-9-16-12-25-13-17-11-21(7-8-22(17)19(16)20-10-14)18(24)6-4-3-5-15(2)23/h9-10,15,17,23H,3-8,11-13H2,1-2H3/t15-,17+/m0/s1. The summed E-state index contributed by atoms with van der Waals surface area (Å²) in [5, 5.41) is 9.30. The van der Waals surface area contributed by atoms with Gasteiger partial charge in [0.25, 0.3) is 0 Å². The Balaban J connectivity index is 1.58. The zero-order chi connectivity index (χ0) is 17.8. The number of amides is 1. The SMILES string of the molecule is Cc1cnc2c(c1)COC[C@H]1CN(C(=O)CCCC[C@H](C)O)CCN21. The largest absolute Gasteiger partial charge is 0.393 e. The van der Waals surface area contributed by atoms with Gasteiger partial charge in [-0.3, -0.25) is 4.79 Å². The number of piperazine rings is 1. The van der Waals surface area contributed by atoms with Crippen LogP contribution in [0.15, 0.2) is 12.3 Å². The molecule has 0 radical (unpaired) electrons. The molecule has 0 aromatic carbocycles. The number of hydrogen-bond acceptors (Lipinski definition) is 5. The van der Waals surface area contributed by atoms with Crippen molar-refractivity contribution >= 4 is 11.7 Å². The first-order valence-corrected chi connectivity index (χ1v) is 9.30. The van der Waals surface area contributed by atoms with Crippen molar-refractivity contribution in [2.24, 2.45) is 0 Å². The minimum atomic E-state index is -0.280. The molecule has 25 heavy (non-hydrogen) atoms. The number of aliphatic hydroxyl groups is 1. The van der Waals surface area contributed by atoms with Gasteiger partial charge < -0.3 is 19.6 Å².